The van der Waals surface area contributed by atoms with Crippen molar-refractivity contribution in [3.05, 3.63) is 53.9 Å². The monoisotopic (exact) mass is 457 g/mol. The van der Waals surface area contributed by atoms with Crippen LogP contribution in [0.4, 0.5) is 5.69 Å². The first-order valence-corrected chi connectivity index (χ1v) is 12.0. The first kappa shape index (κ1) is 22.4. The van der Waals surface area contributed by atoms with Gasteiger partial charge in [-0.05, 0) is 43.5 Å². The van der Waals surface area contributed by atoms with Gasteiger partial charge in [-0.15, -0.1) is 0 Å². The van der Waals surface area contributed by atoms with E-state index >= 15 is 0 Å². The highest BCUT2D eigenvalue weighted by molar-refractivity contribution is 7.89. The van der Waals surface area contributed by atoms with Gasteiger partial charge in [-0.25, -0.2) is 8.42 Å². The van der Waals surface area contributed by atoms with E-state index in [1.165, 1.54) is 4.31 Å². The predicted octanol–water partition coefficient (Wildman–Crippen LogP) is 2.50. The molecule has 1 atom stereocenters. The van der Waals surface area contributed by atoms with E-state index in [1.807, 2.05) is 39.3 Å². The topological polar surface area (TPSA) is 92.5 Å². The van der Waals surface area contributed by atoms with Crippen LogP contribution in [-0.4, -0.2) is 67.6 Å². The van der Waals surface area contributed by atoms with E-state index in [0.29, 0.717) is 23.7 Å². The fourth-order valence-electron chi connectivity index (χ4n) is 4.49. The third kappa shape index (κ3) is 3.92. The van der Waals surface area contributed by atoms with Crippen LogP contribution in [0.3, 0.4) is 0 Å². The Hall–Kier alpha value is -2.75. The third-order valence-electron chi connectivity index (χ3n) is 6.29. The lowest BCUT2D eigenvalue weighted by atomic mass is 9.92. The highest BCUT2D eigenvalue weighted by Gasteiger charge is 2.34. The number of carboxylic acid groups (broad SMARTS) is 1. The maximum Gasteiger partial charge on any atom is 0.323 e. The Morgan fingerprint density at radius 3 is 2.53 bits per heavy atom. The average molecular weight is 458 g/mol. The largest absolute Gasteiger partial charge is 0.480 e. The summed E-state index contributed by atoms with van der Waals surface area (Å²) in [5.74, 6) is -0.910. The van der Waals surface area contributed by atoms with Crippen molar-refractivity contribution in [1.82, 2.24) is 18.3 Å². The molecule has 0 fully saturated rings. The maximum absolute atomic E-state index is 13.3. The maximum atomic E-state index is 13.3. The van der Waals surface area contributed by atoms with Crippen LogP contribution in [0.5, 0.6) is 0 Å². The smallest absolute Gasteiger partial charge is 0.323 e. The number of benzene rings is 1. The van der Waals surface area contributed by atoms with Crippen molar-refractivity contribution in [2.75, 3.05) is 28.2 Å². The minimum Gasteiger partial charge on any atom is -0.480 e. The zero-order chi connectivity index (χ0) is 23.3. The molecule has 2 aromatic heterocycles. The van der Waals surface area contributed by atoms with Gasteiger partial charge in [-0.2, -0.15) is 4.31 Å². The van der Waals surface area contributed by atoms with E-state index in [4.69, 9.17) is 0 Å². The summed E-state index contributed by atoms with van der Waals surface area (Å²) in [7, 11) is 4.06. The number of nitrogens with zero attached hydrogens (tertiary/aromatic N) is 4. The number of hydrogen-bond donors (Lipinski definition) is 1. The first-order valence-electron chi connectivity index (χ1n) is 10.6. The summed E-state index contributed by atoms with van der Waals surface area (Å²) in [5.41, 5.74) is 4.44. The number of rotatable bonds is 6. The number of likely N-dealkylation sites (N-methyl/N-ethyl adjacent to an activating group) is 1. The molecule has 0 saturated heterocycles. The number of aliphatic carboxylic acids is 1. The summed E-state index contributed by atoms with van der Waals surface area (Å²) in [4.78, 5) is 16.2. The second kappa shape index (κ2) is 7.99. The van der Waals surface area contributed by atoms with Crippen LogP contribution in [0.25, 0.3) is 11.0 Å². The van der Waals surface area contributed by atoms with Gasteiger partial charge < -0.3 is 9.67 Å². The highest BCUT2D eigenvalue weighted by atomic mass is 32.2. The van der Waals surface area contributed by atoms with E-state index < -0.39 is 16.0 Å². The van der Waals surface area contributed by atoms with Gasteiger partial charge in [-0.1, -0.05) is 0 Å². The second-order valence-corrected chi connectivity index (χ2v) is 11.2. The highest BCUT2D eigenvalue weighted by Crippen LogP contribution is 2.34. The molecule has 1 aromatic carbocycles. The number of fused-ring (bicyclic) bond motifs is 3. The fourth-order valence-corrected chi connectivity index (χ4v) is 5.87. The molecule has 1 aliphatic carbocycles. The number of hydrogen-bond acceptors (Lipinski definition) is 4. The molecule has 9 heteroatoms. The Bertz CT molecular complexity index is 1270. The van der Waals surface area contributed by atoms with Crippen LogP contribution >= 0.6 is 0 Å². The molecule has 1 aliphatic rings. The molecule has 0 unspecified atom stereocenters. The number of carboxylic acids is 1. The summed E-state index contributed by atoms with van der Waals surface area (Å²) in [6.07, 6.45) is 3.41. The zero-order valence-corrected chi connectivity index (χ0v) is 19.6. The molecule has 0 radical (unpaired) electrons. The Morgan fingerprint density at radius 2 is 1.91 bits per heavy atom. The van der Waals surface area contributed by atoms with Gasteiger partial charge in [0.15, 0.2) is 0 Å². The van der Waals surface area contributed by atoms with E-state index in [0.717, 1.165) is 28.0 Å². The van der Waals surface area contributed by atoms with Gasteiger partial charge >= 0.3 is 5.97 Å². The lowest BCUT2D eigenvalue weighted by molar-refractivity contribution is -0.137. The van der Waals surface area contributed by atoms with Crippen LogP contribution in [0, 0.1) is 0 Å². The van der Waals surface area contributed by atoms with E-state index in [-0.39, 0.29) is 17.5 Å². The van der Waals surface area contributed by atoms with Crippen molar-refractivity contribution in [3.8, 4) is 0 Å². The number of aromatic nitrogens is 2. The van der Waals surface area contributed by atoms with Gasteiger partial charge in [0.2, 0.25) is 10.0 Å². The van der Waals surface area contributed by atoms with E-state index in [2.05, 4.69) is 4.98 Å². The van der Waals surface area contributed by atoms with Crippen LogP contribution in [0.1, 0.15) is 17.7 Å². The molecule has 8 nitrogen and oxygen atoms in total. The van der Waals surface area contributed by atoms with Gasteiger partial charge in [-0.3, -0.25) is 14.3 Å². The Kier molecular flexibility index (Phi) is 5.60. The Morgan fingerprint density at radius 1 is 1.22 bits per heavy atom. The summed E-state index contributed by atoms with van der Waals surface area (Å²) < 4.78 is 30.5. The van der Waals surface area contributed by atoms with Crippen molar-refractivity contribution >= 4 is 32.7 Å². The van der Waals surface area contributed by atoms with Crippen molar-refractivity contribution in [3.63, 3.8) is 0 Å². The molecule has 0 amide bonds. The SMILES string of the molecule is CN([C@@H]1CCc2c(c3ncccc3n2CC(=O)O)C1)S(=O)(=O)c1ccc([N+](C)(C)C)cc1. The van der Waals surface area contributed by atoms with Gasteiger partial charge in [0.1, 0.15) is 12.2 Å². The number of carbonyl (C=O) groups is 1. The lowest BCUT2D eigenvalue weighted by Crippen LogP contribution is -2.40. The molecule has 0 bridgehead atoms. The van der Waals surface area contributed by atoms with E-state index in [1.54, 1.807) is 36.0 Å². The average Bonchev–Trinajstić information content (AvgIpc) is 3.05. The van der Waals surface area contributed by atoms with Crippen molar-refractivity contribution in [1.29, 1.82) is 0 Å². The Labute approximate surface area is 188 Å². The number of pyridine rings is 1. The third-order valence-corrected chi connectivity index (χ3v) is 8.21. The van der Waals surface area contributed by atoms with Crippen LogP contribution < -0.4 is 4.48 Å². The summed E-state index contributed by atoms with van der Waals surface area (Å²) >= 11 is 0. The normalized spacial score (nSPS) is 17.0. The minimum absolute atomic E-state index is 0.130. The lowest BCUT2D eigenvalue weighted by Gasteiger charge is -2.31. The van der Waals surface area contributed by atoms with Crippen LogP contribution in [-0.2, 0) is 34.2 Å². The summed E-state index contributed by atoms with van der Waals surface area (Å²) in [6, 6.07) is 10.5. The molecule has 0 saturated carbocycles. The number of quaternary nitrogens is 1. The summed E-state index contributed by atoms with van der Waals surface area (Å²) in [6.45, 7) is -0.130. The molecule has 2 heterocycles. The first-order chi connectivity index (χ1) is 15.0. The Balaban J connectivity index is 1.65. The van der Waals surface area contributed by atoms with Gasteiger partial charge in [0.25, 0.3) is 0 Å². The molecule has 170 valence electrons. The molecule has 0 aliphatic heterocycles. The minimum atomic E-state index is -3.66. The standard InChI is InChI=1S/C23H28N4O4S/c1-25(32(30,31)18-10-8-17(9-11-18)27(2,3)4)16-7-12-20-19(14-16)23-21(6-5-13-24-23)26(20)15-22(28)29/h5-6,8-11,13,16H,7,12,14-15H2,1-4H3/p+1/t16-/m1/s1. The molecule has 1 N–H and O–H groups in total. The number of sulfonamides is 1. The molecule has 0 spiro atoms. The van der Waals surface area contributed by atoms with Crippen LogP contribution in [0.15, 0.2) is 47.5 Å². The molecule has 32 heavy (non-hydrogen) atoms. The quantitative estimate of drug-likeness (QED) is 0.574. The van der Waals surface area contributed by atoms with Crippen molar-refractivity contribution in [2.45, 2.75) is 36.7 Å². The summed E-state index contributed by atoms with van der Waals surface area (Å²) in [5, 5.41) is 9.36. The molecular formula is C23H29N4O4S+. The predicted molar refractivity (Wildman–Crippen MR) is 124 cm³/mol. The van der Waals surface area contributed by atoms with Crippen molar-refractivity contribution in [2.24, 2.45) is 0 Å². The van der Waals surface area contributed by atoms with Crippen LogP contribution in [0.2, 0.25) is 0 Å². The van der Waals surface area contributed by atoms with Crippen molar-refractivity contribution < 1.29 is 18.3 Å². The fraction of sp³-hybridized carbons (Fsp3) is 0.391. The van der Waals surface area contributed by atoms with Gasteiger partial charge in [0.05, 0.1) is 37.1 Å². The molecule has 3 aromatic rings. The second-order valence-electron chi connectivity index (χ2n) is 9.20. The molecular weight excluding hydrogens is 428 g/mol. The molecule has 4 rings (SSSR count). The van der Waals surface area contributed by atoms with E-state index in [9.17, 15) is 18.3 Å². The zero-order valence-electron chi connectivity index (χ0n) is 18.8. The van der Waals surface area contributed by atoms with Gasteiger partial charge in [0, 0.05) is 42.7 Å².